The molecule has 6 nitrogen and oxygen atoms in total. The van der Waals surface area contributed by atoms with E-state index in [1.165, 1.54) is 7.05 Å². The van der Waals surface area contributed by atoms with E-state index in [1.54, 1.807) is 6.92 Å². The average molecular weight is 321 g/mol. The monoisotopic (exact) mass is 321 g/mol. The molecular weight excluding hydrogens is 304 g/mol. The van der Waals surface area contributed by atoms with Crippen LogP contribution in [0.15, 0.2) is 17.0 Å². The van der Waals surface area contributed by atoms with E-state index in [4.69, 9.17) is 5.73 Å². The van der Waals surface area contributed by atoms with E-state index in [0.29, 0.717) is 6.42 Å². The van der Waals surface area contributed by atoms with E-state index < -0.39 is 39.0 Å². The number of anilines is 1. The molecule has 1 aromatic carbocycles. The third-order valence-electron chi connectivity index (χ3n) is 2.69. The molecule has 0 fully saturated rings. The zero-order valence-corrected chi connectivity index (χ0v) is 12.5. The Morgan fingerprint density at radius 1 is 1.33 bits per heavy atom. The Labute approximate surface area is 122 Å². The van der Waals surface area contributed by atoms with Crippen molar-refractivity contribution >= 4 is 21.6 Å². The number of nitrogens with one attached hydrogen (secondary N) is 1. The number of hydrogen-bond donors (Lipinski definition) is 2. The molecule has 1 rings (SSSR count). The largest absolute Gasteiger partial charge is 0.399 e. The Hall–Kier alpha value is -1.74. The topological polar surface area (TPSA) is 92.5 Å². The molecule has 0 aliphatic carbocycles. The van der Waals surface area contributed by atoms with Gasteiger partial charge in [-0.25, -0.2) is 17.2 Å². The van der Waals surface area contributed by atoms with Crippen LogP contribution in [0.5, 0.6) is 0 Å². The summed E-state index contributed by atoms with van der Waals surface area (Å²) in [7, 11) is -3.14. The zero-order valence-electron chi connectivity index (χ0n) is 11.7. The first-order valence-electron chi connectivity index (χ1n) is 6.19. The maximum atomic E-state index is 13.8. The number of halogens is 2. The molecular formula is C12H17F2N3O3S. The van der Waals surface area contributed by atoms with Gasteiger partial charge in [-0.15, -0.1) is 0 Å². The molecule has 0 saturated heterocycles. The van der Waals surface area contributed by atoms with Gasteiger partial charge in [-0.2, -0.15) is 4.31 Å². The van der Waals surface area contributed by atoms with Gasteiger partial charge in [0, 0.05) is 19.3 Å². The van der Waals surface area contributed by atoms with Crippen molar-refractivity contribution in [1.82, 2.24) is 9.62 Å². The third kappa shape index (κ3) is 3.88. The number of nitrogens with two attached hydrogens (primary N) is 1. The molecule has 0 unspecified atom stereocenters. The lowest BCUT2D eigenvalue weighted by molar-refractivity contribution is -0.120. The van der Waals surface area contributed by atoms with Crippen LogP contribution in [0.4, 0.5) is 14.5 Å². The number of benzene rings is 1. The predicted molar refractivity (Wildman–Crippen MR) is 73.9 cm³/mol. The molecule has 0 bridgehead atoms. The van der Waals surface area contributed by atoms with Crippen LogP contribution in [0.1, 0.15) is 13.3 Å². The van der Waals surface area contributed by atoms with Gasteiger partial charge in [0.05, 0.1) is 6.54 Å². The number of amides is 1. The van der Waals surface area contributed by atoms with Crippen LogP contribution in [0.2, 0.25) is 0 Å². The molecule has 0 heterocycles. The van der Waals surface area contributed by atoms with Gasteiger partial charge in [0.1, 0.15) is 11.6 Å². The fraction of sp³-hybridized carbons (Fsp3) is 0.417. The van der Waals surface area contributed by atoms with Crippen molar-refractivity contribution in [1.29, 1.82) is 0 Å². The third-order valence-corrected chi connectivity index (χ3v) is 4.59. The van der Waals surface area contributed by atoms with Crippen LogP contribution >= 0.6 is 0 Å². The molecule has 0 atom stereocenters. The van der Waals surface area contributed by atoms with E-state index in [-0.39, 0.29) is 12.2 Å². The molecule has 0 saturated carbocycles. The van der Waals surface area contributed by atoms with Gasteiger partial charge in [0.2, 0.25) is 15.9 Å². The highest BCUT2D eigenvalue weighted by Crippen LogP contribution is 2.25. The summed E-state index contributed by atoms with van der Waals surface area (Å²) in [6, 6.07) is 1.44. The number of carbonyl (C=O) groups excluding carboxylic acids is 1. The van der Waals surface area contributed by atoms with Gasteiger partial charge >= 0.3 is 0 Å². The van der Waals surface area contributed by atoms with E-state index in [9.17, 15) is 22.0 Å². The minimum Gasteiger partial charge on any atom is -0.399 e. The quantitative estimate of drug-likeness (QED) is 0.754. The van der Waals surface area contributed by atoms with Crippen molar-refractivity contribution < 1.29 is 22.0 Å². The Kier molecular flexibility index (Phi) is 5.62. The molecule has 0 aromatic heterocycles. The van der Waals surface area contributed by atoms with Crippen molar-refractivity contribution in [3.8, 4) is 0 Å². The van der Waals surface area contributed by atoms with E-state index in [0.717, 1.165) is 16.4 Å². The molecule has 3 N–H and O–H groups in total. The van der Waals surface area contributed by atoms with Crippen molar-refractivity contribution in [3.63, 3.8) is 0 Å². The van der Waals surface area contributed by atoms with E-state index >= 15 is 0 Å². The normalized spacial score (nSPS) is 11.7. The Bertz CT molecular complexity index is 612. The zero-order chi connectivity index (χ0) is 16.2. The van der Waals surface area contributed by atoms with Gasteiger partial charge in [-0.3, -0.25) is 4.79 Å². The van der Waals surface area contributed by atoms with Crippen LogP contribution in [0, 0.1) is 11.6 Å². The second-order valence-corrected chi connectivity index (χ2v) is 6.20. The lowest BCUT2D eigenvalue weighted by atomic mass is 10.3. The number of likely N-dealkylation sites (N-methyl/N-ethyl adjacent to an activating group) is 1. The number of nitrogens with zero attached hydrogens (tertiary/aromatic N) is 1. The molecule has 0 aliphatic rings. The molecule has 1 aromatic rings. The number of sulfonamides is 1. The van der Waals surface area contributed by atoms with Crippen molar-refractivity contribution in [3.05, 3.63) is 23.8 Å². The van der Waals surface area contributed by atoms with Crippen LogP contribution in [-0.2, 0) is 14.8 Å². The molecule has 0 aliphatic heterocycles. The van der Waals surface area contributed by atoms with Crippen LogP contribution in [0.3, 0.4) is 0 Å². The molecule has 1 amide bonds. The second-order valence-electron chi connectivity index (χ2n) is 4.33. The van der Waals surface area contributed by atoms with Gasteiger partial charge in [-0.05, 0) is 18.6 Å². The average Bonchev–Trinajstić information content (AvgIpc) is 2.36. The fourth-order valence-corrected chi connectivity index (χ4v) is 3.31. The smallest absolute Gasteiger partial charge is 0.249 e. The molecule has 0 spiro atoms. The number of rotatable bonds is 6. The first kappa shape index (κ1) is 17.3. The van der Waals surface area contributed by atoms with Gasteiger partial charge in [0.25, 0.3) is 0 Å². The van der Waals surface area contributed by atoms with Crippen LogP contribution < -0.4 is 11.1 Å². The lowest BCUT2D eigenvalue weighted by Gasteiger charge is -2.21. The van der Waals surface area contributed by atoms with Gasteiger partial charge in [0.15, 0.2) is 4.90 Å². The van der Waals surface area contributed by atoms with Crippen molar-refractivity contribution in [2.45, 2.75) is 18.2 Å². The minimum atomic E-state index is -4.48. The Morgan fingerprint density at radius 3 is 2.29 bits per heavy atom. The number of nitrogen functional groups attached to an aromatic ring is 1. The maximum Gasteiger partial charge on any atom is 0.249 e. The van der Waals surface area contributed by atoms with Crippen molar-refractivity contribution in [2.75, 3.05) is 25.9 Å². The highest BCUT2D eigenvalue weighted by molar-refractivity contribution is 7.89. The van der Waals surface area contributed by atoms with Gasteiger partial charge in [-0.1, -0.05) is 6.92 Å². The number of carbonyl (C=O) groups is 1. The number of hydrogen-bond acceptors (Lipinski definition) is 4. The SMILES string of the molecule is CCCN(CC(=O)NC)S(=O)(=O)c1c(F)cc(N)cc1F. The van der Waals surface area contributed by atoms with E-state index in [2.05, 4.69) is 5.32 Å². The molecule has 118 valence electrons. The second kappa shape index (κ2) is 6.81. The molecule has 21 heavy (non-hydrogen) atoms. The molecule has 9 heteroatoms. The summed E-state index contributed by atoms with van der Waals surface area (Å²) in [6.45, 7) is 1.12. The summed E-state index contributed by atoms with van der Waals surface area (Å²) in [5, 5.41) is 2.26. The predicted octanol–water partition coefficient (Wildman–Crippen LogP) is 0.694. The summed E-state index contributed by atoms with van der Waals surface area (Å²) < 4.78 is 53.0. The standard InChI is InChI=1S/C12H17F2N3O3S/c1-3-4-17(7-11(18)16-2)21(19,20)12-9(13)5-8(15)6-10(12)14/h5-6H,3-4,7,15H2,1-2H3,(H,16,18). The Morgan fingerprint density at radius 2 is 1.86 bits per heavy atom. The summed E-state index contributed by atoms with van der Waals surface area (Å²) in [4.78, 5) is 10.3. The van der Waals surface area contributed by atoms with Gasteiger partial charge < -0.3 is 11.1 Å². The fourth-order valence-electron chi connectivity index (χ4n) is 1.73. The highest BCUT2D eigenvalue weighted by atomic mass is 32.2. The Balaban J connectivity index is 3.32. The first-order valence-corrected chi connectivity index (χ1v) is 7.63. The molecule has 0 radical (unpaired) electrons. The van der Waals surface area contributed by atoms with Crippen LogP contribution in [0.25, 0.3) is 0 Å². The van der Waals surface area contributed by atoms with Crippen molar-refractivity contribution in [2.24, 2.45) is 0 Å². The highest BCUT2D eigenvalue weighted by Gasteiger charge is 2.31. The summed E-state index contributed by atoms with van der Waals surface area (Å²) in [5.74, 6) is -3.15. The first-order chi connectivity index (χ1) is 9.73. The van der Waals surface area contributed by atoms with Crippen LogP contribution in [-0.4, -0.2) is 38.8 Å². The lowest BCUT2D eigenvalue weighted by Crippen LogP contribution is -2.40. The summed E-state index contributed by atoms with van der Waals surface area (Å²) in [5.41, 5.74) is 5.03. The summed E-state index contributed by atoms with van der Waals surface area (Å²) >= 11 is 0. The maximum absolute atomic E-state index is 13.8. The summed E-state index contributed by atoms with van der Waals surface area (Å²) in [6.07, 6.45) is 0.383. The minimum absolute atomic E-state index is 0.0426. The van der Waals surface area contributed by atoms with E-state index in [1.807, 2.05) is 0 Å².